The van der Waals surface area contributed by atoms with Crippen molar-refractivity contribution in [3.8, 4) is 5.75 Å². The molecule has 0 unspecified atom stereocenters. The van der Waals surface area contributed by atoms with Crippen LogP contribution in [-0.2, 0) is 0 Å². The maximum absolute atomic E-state index is 12.0. The summed E-state index contributed by atoms with van der Waals surface area (Å²) in [6, 6.07) is 10.6. The number of benzene rings is 1. The van der Waals surface area contributed by atoms with Crippen LogP contribution in [0.5, 0.6) is 5.75 Å². The van der Waals surface area contributed by atoms with Crippen LogP contribution in [0.2, 0.25) is 0 Å². The van der Waals surface area contributed by atoms with E-state index >= 15 is 0 Å². The van der Waals surface area contributed by atoms with E-state index in [0.717, 1.165) is 30.5 Å². The third kappa shape index (κ3) is 5.64. The number of amides is 1. The molecule has 23 heavy (non-hydrogen) atoms. The Hall–Kier alpha value is -2.53. The van der Waals surface area contributed by atoms with Crippen molar-refractivity contribution in [3.63, 3.8) is 0 Å². The smallest absolute Gasteiger partial charge is 0.267 e. The molecule has 2 aromatic rings. The lowest BCUT2D eigenvalue weighted by Gasteiger charge is -2.03. The quantitative estimate of drug-likeness (QED) is 0.565. The van der Waals surface area contributed by atoms with Gasteiger partial charge in [0.25, 0.3) is 5.91 Å². The fourth-order valence-corrected chi connectivity index (χ4v) is 2.16. The lowest BCUT2D eigenvalue weighted by Crippen LogP contribution is -2.24. The number of phenolic OH excluding ortho intramolecular Hbond substituents is 1. The summed E-state index contributed by atoms with van der Waals surface area (Å²) in [5.41, 5.74) is 7.81. The van der Waals surface area contributed by atoms with Gasteiger partial charge in [-0.25, -0.2) is 0 Å². The number of phenols is 1. The SMILES string of the molecule is NCCCCCNC(=O)c1ccc(/C=C/c2ccc(O)cc2)[nH]1. The predicted octanol–water partition coefficient (Wildman–Crippen LogP) is 2.75. The number of unbranched alkanes of at least 4 members (excludes halogenated alkanes) is 2. The summed E-state index contributed by atoms with van der Waals surface area (Å²) in [5.74, 6) is 0.148. The van der Waals surface area contributed by atoms with Crippen LogP contribution < -0.4 is 11.1 Å². The maximum Gasteiger partial charge on any atom is 0.267 e. The molecule has 0 bridgehead atoms. The molecule has 122 valence electrons. The molecule has 0 radical (unpaired) electrons. The molecular formula is C18H23N3O2. The van der Waals surface area contributed by atoms with E-state index in [1.54, 1.807) is 18.2 Å². The predicted molar refractivity (Wildman–Crippen MR) is 93.1 cm³/mol. The molecule has 0 aliphatic heterocycles. The van der Waals surface area contributed by atoms with Gasteiger partial charge in [0.2, 0.25) is 0 Å². The van der Waals surface area contributed by atoms with E-state index in [2.05, 4.69) is 10.3 Å². The van der Waals surface area contributed by atoms with E-state index in [9.17, 15) is 9.90 Å². The minimum atomic E-state index is -0.0953. The molecule has 0 saturated heterocycles. The molecular weight excluding hydrogens is 290 g/mol. The number of carbonyl (C=O) groups excluding carboxylic acids is 1. The Bertz CT molecular complexity index is 645. The van der Waals surface area contributed by atoms with Crippen LogP contribution in [0.3, 0.4) is 0 Å². The van der Waals surface area contributed by atoms with Crippen molar-refractivity contribution in [2.75, 3.05) is 13.1 Å². The van der Waals surface area contributed by atoms with Crippen LogP contribution in [-0.4, -0.2) is 29.1 Å². The van der Waals surface area contributed by atoms with Gasteiger partial charge in [-0.2, -0.15) is 0 Å². The Kier molecular flexibility index (Phi) is 6.44. The summed E-state index contributed by atoms with van der Waals surface area (Å²) in [6.07, 6.45) is 6.77. The van der Waals surface area contributed by atoms with Crippen molar-refractivity contribution in [3.05, 3.63) is 53.3 Å². The van der Waals surface area contributed by atoms with Gasteiger partial charge in [0.05, 0.1) is 0 Å². The van der Waals surface area contributed by atoms with Gasteiger partial charge in [-0.05, 0) is 55.3 Å². The Labute approximate surface area is 136 Å². The third-order valence-electron chi connectivity index (χ3n) is 3.47. The number of hydrogen-bond acceptors (Lipinski definition) is 3. The molecule has 0 aliphatic carbocycles. The first-order chi connectivity index (χ1) is 11.2. The third-order valence-corrected chi connectivity index (χ3v) is 3.47. The summed E-state index contributed by atoms with van der Waals surface area (Å²) in [7, 11) is 0. The first-order valence-electron chi connectivity index (χ1n) is 7.83. The fraction of sp³-hybridized carbons (Fsp3) is 0.278. The summed E-state index contributed by atoms with van der Waals surface area (Å²) < 4.78 is 0. The van der Waals surface area contributed by atoms with Gasteiger partial charge in [0.1, 0.15) is 11.4 Å². The van der Waals surface area contributed by atoms with Crippen molar-refractivity contribution in [2.45, 2.75) is 19.3 Å². The molecule has 1 aromatic carbocycles. The van der Waals surface area contributed by atoms with Crippen molar-refractivity contribution < 1.29 is 9.90 Å². The number of aromatic nitrogens is 1. The number of aromatic amines is 1. The van der Waals surface area contributed by atoms with Gasteiger partial charge in [0.15, 0.2) is 0 Å². The van der Waals surface area contributed by atoms with Gasteiger partial charge >= 0.3 is 0 Å². The van der Waals surface area contributed by atoms with Crippen LogP contribution in [0.4, 0.5) is 0 Å². The first kappa shape index (κ1) is 16.8. The van der Waals surface area contributed by atoms with Crippen molar-refractivity contribution >= 4 is 18.1 Å². The fourth-order valence-electron chi connectivity index (χ4n) is 2.16. The van der Waals surface area contributed by atoms with Crippen LogP contribution in [0, 0.1) is 0 Å². The second-order valence-electron chi connectivity index (χ2n) is 5.36. The number of rotatable bonds is 8. The number of nitrogens with two attached hydrogens (primary N) is 1. The highest BCUT2D eigenvalue weighted by Crippen LogP contribution is 2.13. The Morgan fingerprint density at radius 3 is 2.61 bits per heavy atom. The van der Waals surface area contributed by atoms with E-state index < -0.39 is 0 Å². The largest absolute Gasteiger partial charge is 0.508 e. The minimum Gasteiger partial charge on any atom is -0.508 e. The molecule has 0 spiro atoms. The Morgan fingerprint density at radius 1 is 1.09 bits per heavy atom. The molecule has 1 amide bonds. The van der Waals surface area contributed by atoms with Gasteiger partial charge in [-0.1, -0.05) is 24.6 Å². The van der Waals surface area contributed by atoms with Crippen molar-refractivity contribution in [2.24, 2.45) is 5.73 Å². The van der Waals surface area contributed by atoms with Crippen LogP contribution >= 0.6 is 0 Å². The molecule has 1 heterocycles. The van der Waals surface area contributed by atoms with Crippen LogP contribution in [0.15, 0.2) is 36.4 Å². The first-order valence-corrected chi connectivity index (χ1v) is 7.83. The highest BCUT2D eigenvalue weighted by atomic mass is 16.3. The summed E-state index contributed by atoms with van der Waals surface area (Å²) >= 11 is 0. The highest BCUT2D eigenvalue weighted by Gasteiger charge is 2.06. The molecule has 5 N–H and O–H groups in total. The number of nitrogens with one attached hydrogen (secondary N) is 2. The normalized spacial score (nSPS) is 11.0. The Balaban J connectivity index is 1.84. The van der Waals surface area contributed by atoms with E-state index in [1.165, 1.54) is 0 Å². The molecule has 5 heteroatoms. The zero-order valence-corrected chi connectivity index (χ0v) is 13.1. The van der Waals surface area contributed by atoms with E-state index in [-0.39, 0.29) is 11.7 Å². The second kappa shape index (κ2) is 8.80. The second-order valence-corrected chi connectivity index (χ2v) is 5.36. The van der Waals surface area contributed by atoms with Crippen molar-refractivity contribution in [1.29, 1.82) is 0 Å². The molecule has 0 saturated carbocycles. The lowest BCUT2D eigenvalue weighted by atomic mass is 10.2. The summed E-state index contributed by atoms with van der Waals surface area (Å²) in [6.45, 7) is 1.36. The zero-order chi connectivity index (χ0) is 16.5. The maximum atomic E-state index is 12.0. The zero-order valence-electron chi connectivity index (χ0n) is 13.1. The van der Waals surface area contributed by atoms with Crippen LogP contribution in [0.25, 0.3) is 12.2 Å². The molecule has 5 nitrogen and oxygen atoms in total. The average Bonchev–Trinajstić information content (AvgIpc) is 3.03. The highest BCUT2D eigenvalue weighted by molar-refractivity contribution is 5.93. The monoisotopic (exact) mass is 313 g/mol. The molecule has 2 rings (SSSR count). The van der Waals surface area contributed by atoms with Gasteiger partial charge in [0, 0.05) is 12.2 Å². The standard InChI is InChI=1S/C18H23N3O2/c19-12-2-1-3-13-20-18(23)17-11-8-15(21-17)7-4-14-5-9-16(22)10-6-14/h4-11,21-22H,1-3,12-13,19H2,(H,20,23)/b7-4+. The van der Waals surface area contributed by atoms with E-state index in [1.807, 2.05) is 30.4 Å². The van der Waals surface area contributed by atoms with Gasteiger partial charge in [-0.15, -0.1) is 0 Å². The Morgan fingerprint density at radius 2 is 1.87 bits per heavy atom. The number of aromatic hydroxyl groups is 1. The van der Waals surface area contributed by atoms with Gasteiger partial charge < -0.3 is 21.1 Å². The van der Waals surface area contributed by atoms with Crippen molar-refractivity contribution in [1.82, 2.24) is 10.3 Å². The van der Waals surface area contributed by atoms with Gasteiger partial charge in [-0.3, -0.25) is 4.79 Å². The molecule has 0 atom stereocenters. The molecule has 0 fully saturated rings. The minimum absolute atomic E-state index is 0.0953. The summed E-state index contributed by atoms with van der Waals surface area (Å²) in [5, 5.41) is 12.1. The number of hydrogen-bond donors (Lipinski definition) is 4. The van der Waals surface area contributed by atoms with E-state index in [4.69, 9.17) is 5.73 Å². The average molecular weight is 313 g/mol. The number of carbonyl (C=O) groups is 1. The topological polar surface area (TPSA) is 91.1 Å². The number of H-pyrrole nitrogens is 1. The molecule has 1 aromatic heterocycles. The lowest BCUT2D eigenvalue weighted by molar-refractivity contribution is 0.0948. The van der Waals surface area contributed by atoms with Crippen LogP contribution in [0.1, 0.15) is 41.0 Å². The molecule has 0 aliphatic rings. The summed E-state index contributed by atoms with van der Waals surface area (Å²) in [4.78, 5) is 15.1. The van der Waals surface area contributed by atoms with E-state index in [0.29, 0.717) is 18.8 Å².